The Labute approximate surface area is 244 Å². The largest absolute Gasteiger partial charge is 0.504 e. The van der Waals surface area contributed by atoms with Crippen LogP contribution in [-0.4, -0.2) is 69.9 Å². The molecule has 0 fully saturated rings. The number of aromatic carboxylic acids is 3. The Kier molecular flexibility index (Phi) is 17.4. The highest BCUT2D eigenvalue weighted by Gasteiger charge is 2.08. The van der Waals surface area contributed by atoms with Crippen molar-refractivity contribution in [1.29, 1.82) is 0 Å². The van der Waals surface area contributed by atoms with Crippen molar-refractivity contribution in [1.82, 2.24) is 0 Å². The zero-order valence-electron chi connectivity index (χ0n) is 24.2. The maximum Gasteiger partial charge on any atom is 0.335 e. The third kappa shape index (κ3) is 13.3. The first-order valence-corrected chi connectivity index (χ1v) is 12.7. The van der Waals surface area contributed by atoms with Gasteiger partial charge in [0.05, 0.1) is 38.0 Å². The lowest BCUT2D eigenvalue weighted by molar-refractivity contribution is 0.0685. The third-order valence-electron chi connectivity index (χ3n) is 5.24. The Morgan fingerprint density at radius 3 is 0.929 bits per heavy atom. The molecule has 0 aliphatic carbocycles. The summed E-state index contributed by atoms with van der Waals surface area (Å²) < 4.78 is 14.2. The monoisotopic (exact) mass is 590 g/mol. The first-order chi connectivity index (χ1) is 19.9. The molecule has 42 heavy (non-hydrogen) atoms. The van der Waals surface area contributed by atoms with Gasteiger partial charge in [0.1, 0.15) is 0 Å². The normalized spacial score (nSPS) is 9.36. The van der Waals surface area contributed by atoms with E-state index in [-0.39, 0.29) is 51.2 Å². The van der Waals surface area contributed by atoms with Crippen molar-refractivity contribution in [2.75, 3.05) is 21.3 Å². The molecular formula is C30H38O12. The number of phenolic OH excluding ortho intramolecular Hbond substituents is 3. The molecular weight excluding hydrogens is 552 g/mol. The van der Waals surface area contributed by atoms with Crippen LogP contribution in [-0.2, 0) is 0 Å². The zero-order chi connectivity index (χ0) is 32.2. The highest BCUT2D eigenvalue weighted by atomic mass is 16.5. The van der Waals surface area contributed by atoms with Crippen LogP contribution in [0.15, 0.2) is 54.6 Å². The van der Waals surface area contributed by atoms with Gasteiger partial charge in [0, 0.05) is 0 Å². The molecule has 3 aromatic rings. The highest BCUT2D eigenvalue weighted by molar-refractivity contribution is 5.89. The molecule has 0 spiro atoms. The van der Waals surface area contributed by atoms with Gasteiger partial charge in [-0.2, -0.15) is 0 Å². The molecule has 0 atom stereocenters. The van der Waals surface area contributed by atoms with Crippen molar-refractivity contribution < 1.29 is 59.2 Å². The van der Waals surface area contributed by atoms with Crippen LogP contribution in [0.3, 0.4) is 0 Å². The van der Waals surface area contributed by atoms with Crippen LogP contribution in [0.1, 0.15) is 70.6 Å². The van der Waals surface area contributed by atoms with Gasteiger partial charge in [-0.05, 0) is 54.6 Å². The summed E-state index contributed by atoms with van der Waals surface area (Å²) in [6.07, 6.45) is 5.54. The Hall–Kier alpha value is -5.13. The van der Waals surface area contributed by atoms with Crippen LogP contribution in [0.5, 0.6) is 34.5 Å². The quantitative estimate of drug-likeness (QED) is 0.162. The van der Waals surface area contributed by atoms with E-state index in [2.05, 4.69) is 13.8 Å². The van der Waals surface area contributed by atoms with Crippen LogP contribution >= 0.6 is 0 Å². The van der Waals surface area contributed by atoms with Crippen molar-refractivity contribution in [3.63, 3.8) is 0 Å². The van der Waals surface area contributed by atoms with Gasteiger partial charge >= 0.3 is 17.9 Å². The molecule has 0 unspecified atom stereocenters. The molecule has 0 bridgehead atoms. The molecule has 0 aliphatic heterocycles. The van der Waals surface area contributed by atoms with Crippen molar-refractivity contribution in [3.8, 4) is 34.5 Å². The maximum atomic E-state index is 10.4. The van der Waals surface area contributed by atoms with Crippen LogP contribution in [0, 0.1) is 0 Å². The summed E-state index contributed by atoms with van der Waals surface area (Å²) in [4.78, 5) is 31.3. The van der Waals surface area contributed by atoms with E-state index < -0.39 is 17.9 Å². The van der Waals surface area contributed by atoms with E-state index >= 15 is 0 Å². The van der Waals surface area contributed by atoms with Crippen LogP contribution in [0.25, 0.3) is 0 Å². The number of carbonyl (C=O) groups is 3. The number of hydrogen-bond acceptors (Lipinski definition) is 9. The molecule has 0 amide bonds. The molecule has 12 nitrogen and oxygen atoms in total. The van der Waals surface area contributed by atoms with Gasteiger partial charge in [-0.3, -0.25) is 0 Å². The molecule has 0 saturated carbocycles. The lowest BCUT2D eigenvalue weighted by Crippen LogP contribution is -1.96. The number of carboxylic acid groups (broad SMARTS) is 3. The van der Waals surface area contributed by atoms with E-state index in [9.17, 15) is 14.4 Å². The van der Waals surface area contributed by atoms with Gasteiger partial charge in [0.15, 0.2) is 34.5 Å². The molecule has 230 valence electrons. The Morgan fingerprint density at radius 1 is 0.524 bits per heavy atom. The predicted octanol–water partition coefficient (Wildman–Crippen LogP) is 5.88. The lowest BCUT2D eigenvalue weighted by atomic mass is 10.2. The number of rotatable bonds is 9. The van der Waals surface area contributed by atoms with E-state index in [0.29, 0.717) is 0 Å². The van der Waals surface area contributed by atoms with Gasteiger partial charge in [0.25, 0.3) is 0 Å². The summed E-state index contributed by atoms with van der Waals surface area (Å²) in [7, 11) is 4.09. The van der Waals surface area contributed by atoms with Crippen molar-refractivity contribution in [3.05, 3.63) is 71.3 Å². The van der Waals surface area contributed by atoms with E-state index in [4.69, 9.17) is 44.8 Å². The number of methoxy groups -OCH3 is 3. The number of unbranched alkanes of at least 4 members (excludes halogenated alkanes) is 3. The van der Waals surface area contributed by atoms with E-state index in [1.165, 1.54) is 102 Å². The Balaban J connectivity index is 0.000000549. The van der Waals surface area contributed by atoms with Gasteiger partial charge in [0.2, 0.25) is 0 Å². The van der Waals surface area contributed by atoms with Crippen molar-refractivity contribution in [2.45, 2.75) is 39.5 Å². The minimum absolute atomic E-state index is 0.0671. The van der Waals surface area contributed by atoms with Gasteiger partial charge in [-0.1, -0.05) is 39.5 Å². The number of phenols is 3. The van der Waals surface area contributed by atoms with Crippen molar-refractivity contribution >= 4 is 17.9 Å². The van der Waals surface area contributed by atoms with E-state index in [1.54, 1.807) is 0 Å². The minimum atomic E-state index is -1.05. The molecule has 6 N–H and O–H groups in total. The van der Waals surface area contributed by atoms with E-state index in [1.807, 2.05) is 0 Å². The standard InChI is InChI=1S/3C8H8O4.C6H14/c3*1-12-7-4-5(8(10)11)2-3-6(7)9;1-3-5-6-4-2/h3*2-4,9H,1H3,(H,10,11);3-6H2,1-2H3. The maximum absolute atomic E-state index is 10.4. The molecule has 12 heteroatoms. The van der Waals surface area contributed by atoms with Gasteiger partial charge < -0.3 is 44.8 Å². The first kappa shape index (κ1) is 36.9. The smallest absolute Gasteiger partial charge is 0.335 e. The van der Waals surface area contributed by atoms with Crippen LogP contribution in [0.2, 0.25) is 0 Å². The fourth-order valence-electron chi connectivity index (χ4n) is 2.93. The minimum Gasteiger partial charge on any atom is -0.504 e. The Bertz CT molecular complexity index is 1130. The first-order valence-electron chi connectivity index (χ1n) is 12.7. The molecule has 0 radical (unpaired) electrons. The molecule has 0 aromatic heterocycles. The number of hydrogen-bond donors (Lipinski definition) is 6. The molecule has 3 aromatic carbocycles. The molecule has 0 aliphatic rings. The SMILES string of the molecule is CCCCCC.COc1cc(C(=O)O)ccc1O.COc1cc(C(=O)O)ccc1O.COc1cc(C(=O)O)ccc1O. The fourth-order valence-corrected chi connectivity index (χ4v) is 2.93. The number of carboxylic acids is 3. The molecule has 0 saturated heterocycles. The second kappa shape index (κ2) is 19.9. The summed E-state index contributed by atoms with van der Waals surface area (Å²) in [5.74, 6) is -2.86. The summed E-state index contributed by atoms with van der Waals surface area (Å²) in [6.45, 7) is 4.46. The molecule has 0 heterocycles. The lowest BCUT2D eigenvalue weighted by Gasteiger charge is -2.02. The van der Waals surface area contributed by atoms with Crippen molar-refractivity contribution in [2.24, 2.45) is 0 Å². The summed E-state index contributed by atoms with van der Waals surface area (Å²) in [5.41, 5.74) is 0.263. The predicted molar refractivity (Wildman–Crippen MR) is 155 cm³/mol. The van der Waals surface area contributed by atoms with Gasteiger partial charge in [-0.15, -0.1) is 0 Å². The summed E-state index contributed by atoms with van der Waals surface area (Å²) in [6, 6.07) is 11.5. The van der Waals surface area contributed by atoms with Crippen LogP contribution < -0.4 is 14.2 Å². The molecule has 3 rings (SSSR count). The second-order valence-corrected chi connectivity index (χ2v) is 8.28. The van der Waals surface area contributed by atoms with E-state index in [0.717, 1.165) is 0 Å². The zero-order valence-corrected chi connectivity index (χ0v) is 24.2. The van der Waals surface area contributed by atoms with Crippen LogP contribution in [0.4, 0.5) is 0 Å². The fraction of sp³-hybridized carbons (Fsp3) is 0.300. The third-order valence-corrected chi connectivity index (χ3v) is 5.24. The average molecular weight is 591 g/mol. The Morgan fingerprint density at radius 2 is 0.762 bits per heavy atom. The second-order valence-electron chi connectivity index (χ2n) is 8.28. The number of ether oxygens (including phenoxy) is 3. The number of benzene rings is 3. The summed E-state index contributed by atoms with van der Waals surface area (Å²) >= 11 is 0. The van der Waals surface area contributed by atoms with Gasteiger partial charge in [-0.25, -0.2) is 14.4 Å². The summed E-state index contributed by atoms with van der Waals surface area (Å²) in [5, 5.41) is 53.0. The average Bonchev–Trinajstić information content (AvgIpc) is 2.97. The highest BCUT2D eigenvalue weighted by Crippen LogP contribution is 2.27. The number of aromatic hydroxyl groups is 3. The topological polar surface area (TPSA) is 200 Å².